The molecule has 0 radical (unpaired) electrons. The highest BCUT2D eigenvalue weighted by Gasteiger charge is 2.36. The summed E-state index contributed by atoms with van der Waals surface area (Å²) in [6.45, 7) is 0. The number of hydrogen-bond acceptors (Lipinski definition) is 4. The lowest BCUT2D eigenvalue weighted by atomic mass is 10.1. The Morgan fingerprint density at radius 2 is 1.94 bits per heavy atom. The largest absolute Gasteiger partial charge is 0.379 e. The van der Waals surface area contributed by atoms with E-state index in [4.69, 9.17) is 14.6 Å². The van der Waals surface area contributed by atoms with E-state index in [9.17, 15) is 4.57 Å². The summed E-state index contributed by atoms with van der Waals surface area (Å²) in [7, 11) is -0.362. The number of anilines is 1. The fourth-order valence-electron chi connectivity index (χ4n) is 1.67. The molecular weight excluding hydrogens is 255 g/mol. The summed E-state index contributed by atoms with van der Waals surface area (Å²) < 4.78 is 11.0. The van der Waals surface area contributed by atoms with E-state index >= 15 is 0 Å². The van der Waals surface area contributed by atoms with Gasteiger partial charge in [0.15, 0.2) is 0 Å². The van der Waals surface area contributed by atoms with Gasteiger partial charge in [-0.3, -0.25) is 4.57 Å². The molecule has 1 aromatic rings. The summed E-state index contributed by atoms with van der Waals surface area (Å²) in [6.07, 6.45) is 0.131. The van der Waals surface area contributed by atoms with Crippen molar-refractivity contribution in [1.82, 2.24) is 0 Å². The highest BCUT2D eigenvalue weighted by atomic mass is 31.2. The lowest BCUT2D eigenvalue weighted by molar-refractivity contribution is 0.117. The summed E-state index contributed by atoms with van der Waals surface area (Å²) >= 11 is 0. The van der Waals surface area contributed by atoms with Gasteiger partial charge in [0.25, 0.3) is 0 Å². The molecule has 1 heterocycles. The van der Waals surface area contributed by atoms with Crippen molar-refractivity contribution in [1.29, 1.82) is 0 Å². The first-order chi connectivity index (χ1) is 8.38. The number of nitrogens with zero attached hydrogens (tertiary/aromatic N) is 2. The molecule has 0 amide bonds. The van der Waals surface area contributed by atoms with Crippen LogP contribution in [0.3, 0.4) is 0 Å². The average molecular weight is 270 g/mol. The molecular formula is C11H15N2O4P. The van der Waals surface area contributed by atoms with Gasteiger partial charge in [0.05, 0.1) is 5.71 Å². The fourth-order valence-corrected chi connectivity index (χ4v) is 2.25. The Morgan fingerprint density at radius 3 is 2.39 bits per heavy atom. The molecule has 1 aromatic carbocycles. The van der Waals surface area contributed by atoms with Crippen LogP contribution in [-0.4, -0.2) is 35.4 Å². The quantitative estimate of drug-likeness (QED) is 0.811. The van der Waals surface area contributed by atoms with Crippen molar-refractivity contribution in [2.75, 3.05) is 19.0 Å². The molecule has 98 valence electrons. The molecule has 2 rings (SSSR count). The van der Waals surface area contributed by atoms with Crippen molar-refractivity contribution in [2.24, 2.45) is 5.16 Å². The molecule has 1 unspecified atom stereocenters. The third-order valence-electron chi connectivity index (χ3n) is 2.74. The highest BCUT2D eigenvalue weighted by Crippen LogP contribution is 2.46. The van der Waals surface area contributed by atoms with Crippen LogP contribution in [0.1, 0.15) is 12.0 Å². The van der Waals surface area contributed by atoms with Gasteiger partial charge >= 0.3 is 7.60 Å². The van der Waals surface area contributed by atoms with Crippen LogP contribution in [0.4, 0.5) is 5.69 Å². The van der Waals surface area contributed by atoms with Crippen LogP contribution in [0, 0.1) is 0 Å². The summed E-state index contributed by atoms with van der Waals surface area (Å²) in [4.78, 5) is 24.8. The zero-order chi connectivity index (χ0) is 13.3. The topological polar surface area (TPSA) is 82.4 Å². The third-order valence-corrected chi connectivity index (χ3v) is 3.77. The van der Waals surface area contributed by atoms with Gasteiger partial charge in [0, 0.05) is 26.2 Å². The molecule has 6 nitrogen and oxygen atoms in total. The molecule has 0 saturated heterocycles. The highest BCUT2D eigenvalue weighted by molar-refractivity contribution is 7.52. The molecule has 18 heavy (non-hydrogen) atoms. The first-order valence-corrected chi connectivity index (χ1v) is 7.12. The number of oxime groups is 1. The Kier molecular flexibility index (Phi) is 3.43. The number of benzene rings is 1. The van der Waals surface area contributed by atoms with Gasteiger partial charge in [-0.2, -0.15) is 0 Å². The molecule has 0 aromatic heterocycles. The van der Waals surface area contributed by atoms with Crippen LogP contribution < -0.4 is 4.90 Å². The normalized spacial score (nSPS) is 19.3. The van der Waals surface area contributed by atoms with Crippen LogP contribution in [0.15, 0.2) is 29.4 Å². The van der Waals surface area contributed by atoms with Crippen LogP contribution in [-0.2, 0) is 9.40 Å². The third kappa shape index (κ3) is 2.72. The van der Waals surface area contributed by atoms with E-state index in [0.29, 0.717) is 5.71 Å². The summed E-state index contributed by atoms with van der Waals surface area (Å²) in [5, 5.41) is 3.74. The van der Waals surface area contributed by atoms with E-state index in [1.807, 2.05) is 43.3 Å². The van der Waals surface area contributed by atoms with Crippen molar-refractivity contribution >= 4 is 19.0 Å². The summed E-state index contributed by atoms with van der Waals surface area (Å²) in [5.74, 6) is -1.15. The van der Waals surface area contributed by atoms with E-state index in [0.717, 1.165) is 11.3 Å². The molecule has 1 atom stereocenters. The number of rotatable bonds is 3. The van der Waals surface area contributed by atoms with Crippen molar-refractivity contribution in [3.63, 3.8) is 0 Å². The Morgan fingerprint density at radius 1 is 1.33 bits per heavy atom. The molecule has 7 heteroatoms. The van der Waals surface area contributed by atoms with Gasteiger partial charge in [0.2, 0.25) is 5.85 Å². The van der Waals surface area contributed by atoms with E-state index in [1.165, 1.54) is 0 Å². The maximum absolute atomic E-state index is 11.0. The van der Waals surface area contributed by atoms with Crippen molar-refractivity contribution in [3.8, 4) is 0 Å². The molecule has 0 aliphatic carbocycles. The van der Waals surface area contributed by atoms with Crippen molar-refractivity contribution in [2.45, 2.75) is 12.3 Å². The van der Waals surface area contributed by atoms with Crippen LogP contribution in [0.25, 0.3) is 0 Å². The van der Waals surface area contributed by atoms with Gasteiger partial charge in [-0.25, -0.2) is 0 Å². The molecule has 0 bridgehead atoms. The predicted octanol–water partition coefficient (Wildman–Crippen LogP) is 1.38. The second-order valence-electron chi connectivity index (χ2n) is 4.33. The second kappa shape index (κ2) is 4.72. The Bertz CT molecular complexity index is 506. The Balaban J connectivity index is 2.13. The monoisotopic (exact) mass is 270 g/mol. The van der Waals surface area contributed by atoms with Gasteiger partial charge in [-0.15, -0.1) is 0 Å². The molecule has 0 fully saturated rings. The Labute approximate surface area is 105 Å². The first-order valence-electron chi connectivity index (χ1n) is 5.43. The standard InChI is InChI=1S/C11H15N2O4P/c1-13(2)9-5-3-8(4-6-9)10-7-11(17-12-10)18(14,15)16/h3-6,11H,7H2,1-2H3,(H2,14,15,16). The maximum atomic E-state index is 11.0. The SMILES string of the molecule is CN(C)c1ccc(C2=NOC(P(=O)(O)O)C2)cc1. The van der Waals surface area contributed by atoms with Gasteiger partial charge < -0.3 is 19.5 Å². The van der Waals surface area contributed by atoms with Gasteiger partial charge in [0.1, 0.15) is 0 Å². The average Bonchev–Trinajstić information content (AvgIpc) is 2.78. The predicted molar refractivity (Wildman–Crippen MR) is 68.8 cm³/mol. The lowest BCUT2D eigenvalue weighted by Gasteiger charge is -2.12. The number of hydrogen-bond donors (Lipinski definition) is 2. The van der Waals surface area contributed by atoms with E-state index in [-0.39, 0.29) is 6.42 Å². The molecule has 2 N–H and O–H groups in total. The fraction of sp³-hybridized carbons (Fsp3) is 0.364. The van der Waals surface area contributed by atoms with Gasteiger partial charge in [-0.1, -0.05) is 17.3 Å². The minimum atomic E-state index is -4.24. The van der Waals surface area contributed by atoms with Gasteiger partial charge in [-0.05, 0) is 17.7 Å². The van der Waals surface area contributed by atoms with E-state index in [1.54, 1.807) is 0 Å². The van der Waals surface area contributed by atoms with Crippen LogP contribution in [0.2, 0.25) is 0 Å². The molecule has 1 aliphatic heterocycles. The zero-order valence-electron chi connectivity index (χ0n) is 10.1. The summed E-state index contributed by atoms with van der Waals surface area (Å²) in [5.41, 5.74) is 2.43. The summed E-state index contributed by atoms with van der Waals surface area (Å²) in [6, 6.07) is 7.56. The maximum Gasteiger partial charge on any atom is 0.368 e. The van der Waals surface area contributed by atoms with Crippen LogP contribution in [0.5, 0.6) is 0 Å². The molecule has 1 aliphatic rings. The smallest absolute Gasteiger partial charge is 0.368 e. The van der Waals surface area contributed by atoms with Crippen molar-refractivity contribution < 1.29 is 19.2 Å². The lowest BCUT2D eigenvalue weighted by Crippen LogP contribution is -2.10. The first kappa shape index (κ1) is 13.1. The van der Waals surface area contributed by atoms with Crippen LogP contribution >= 0.6 is 7.60 Å². The second-order valence-corrected chi connectivity index (χ2v) is 6.09. The van der Waals surface area contributed by atoms with E-state index < -0.39 is 13.4 Å². The zero-order valence-corrected chi connectivity index (χ0v) is 11.0. The van der Waals surface area contributed by atoms with E-state index in [2.05, 4.69) is 5.16 Å². The molecule has 0 saturated carbocycles. The minimum absolute atomic E-state index is 0.131. The minimum Gasteiger partial charge on any atom is -0.379 e. The van der Waals surface area contributed by atoms with Crippen molar-refractivity contribution in [3.05, 3.63) is 29.8 Å². The molecule has 0 spiro atoms. The Hall–Kier alpha value is -1.36.